The lowest BCUT2D eigenvalue weighted by Crippen LogP contribution is -2.52. The first-order valence-electron chi connectivity index (χ1n) is 11.7. The van der Waals surface area contributed by atoms with Crippen molar-refractivity contribution in [1.82, 2.24) is 0 Å². The summed E-state index contributed by atoms with van der Waals surface area (Å²) in [6.45, 7) is 25.6. The lowest BCUT2D eigenvalue weighted by atomic mass is 9.52. The lowest BCUT2D eigenvalue weighted by molar-refractivity contribution is -0.153. The van der Waals surface area contributed by atoms with Crippen molar-refractivity contribution in [2.24, 2.45) is 40.4 Å². The van der Waals surface area contributed by atoms with Crippen LogP contribution < -0.4 is 0 Å². The Hall–Kier alpha value is -0.873. The van der Waals surface area contributed by atoms with Crippen LogP contribution in [0, 0.1) is 40.4 Å². The summed E-state index contributed by atoms with van der Waals surface area (Å²) >= 11 is 0. The van der Waals surface area contributed by atoms with Crippen LogP contribution in [0.4, 0.5) is 0 Å². The van der Waals surface area contributed by atoms with Crippen molar-refractivity contribution < 1.29 is 14.0 Å². The summed E-state index contributed by atoms with van der Waals surface area (Å²) in [6.07, 6.45) is 4.86. The molecule has 4 unspecified atom stereocenters. The van der Waals surface area contributed by atoms with Crippen LogP contribution in [-0.4, -0.2) is 27.5 Å². The molecule has 0 aromatic heterocycles. The molecule has 0 radical (unpaired) electrons. The maximum absolute atomic E-state index is 13.2. The van der Waals surface area contributed by atoms with Crippen LogP contribution in [0.5, 0.6) is 0 Å². The lowest BCUT2D eigenvalue weighted by Gasteiger charge is -2.52. The Kier molecular flexibility index (Phi) is 5.60. The highest BCUT2D eigenvalue weighted by Crippen LogP contribution is 2.68. The number of fused-ring (bicyclic) bond motifs is 1. The van der Waals surface area contributed by atoms with Crippen LogP contribution in [0.3, 0.4) is 0 Å². The van der Waals surface area contributed by atoms with Crippen molar-refractivity contribution in [3.63, 3.8) is 0 Å². The molecule has 8 atom stereocenters. The topological polar surface area (TPSA) is 35.5 Å². The average molecular weight is 433 g/mol. The van der Waals surface area contributed by atoms with Crippen molar-refractivity contribution in [1.29, 1.82) is 0 Å². The highest BCUT2D eigenvalue weighted by Gasteiger charge is 2.67. The molecule has 0 heterocycles. The van der Waals surface area contributed by atoms with Crippen molar-refractivity contribution in [2.45, 2.75) is 86.5 Å². The maximum Gasteiger partial charge on any atom is 0.310 e. The molecule has 4 bridgehead atoms. The first kappa shape index (κ1) is 23.8. The number of esters is 1. The SMILES string of the molecule is COC(=O)C1C2C3C(C)=CC1(C)/C=C(/C)[C@H](C)[C@]3(C)[C@H](O[Si](C)(C)C(C)(C)C)[C@H]2C. The third-order valence-electron chi connectivity index (χ3n) is 9.67. The van der Waals surface area contributed by atoms with Gasteiger partial charge in [0, 0.05) is 10.8 Å². The fraction of sp³-hybridized carbons (Fsp3) is 0.808. The third kappa shape index (κ3) is 3.11. The number of carbonyl (C=O) groups excluding carboxylic acids is 1. The average Bonchev–Trinajstić information content (AvgIpc) is 2.81. The number of methoxy groups -OCH3 is 1. The summed E-state index contributed by atoms with van der Waals surface area (Å²) in [5.74, 6) is 1.02. The van der Waals surface area contributed by atoms with Gasteiger partial charge in [0.2, 0.25) is 0 Å². The zero-order valence-corrected chi connectivity index (χ0v) is 22.3. The number of rotatable bonds is 3. The van der Waals surface area contributed by atoms with E-state index in [4.69, 9.17) is 9.16 Å². The zero-order chi connectivity index (χ0) is 23.0. The quantitative estimate of drug-likeness (QED) is 0.286. The van der Waals surface area contributed by atoms with Gasteiger partial charge in [0.25, 0.3) is 0 Å². The van der Waals surface area contributed by atoms with E-state index in [0.717, 1.165) is 0 Å². The maximum atomic E-state index is 13.2. The van der Waals surface area contributed by atoms with E-state index in [9.17, 15) is 4.79 Å². The number of hydrogen-bond donors (Lipinski definition) is 0. The van der Waals surface area contributed by atoms with Gasteiger partial charge >= 0.3 is 5.97 Å². The largest absolute Gasteiger partial charge is 0.469 e. The van der Waals surface area contributed by atoms with Crippen LogP contribution in [0.15, 0.2) is 23.3 Å². The fourth-order valence-corrected chi connectivity index (χ4v) is 8.52. The Morgan fingerprint density at radius 1 is 1.07 bits per heavy atom. The van der Waals surface area contributed by atoms with Gasteiger partial charge in [-0.3, -0.25) is 4.79 Å². The molecule has 4 heteroatoms. The molecule has 1 fully saturated rings. The Labute approximate surface area is 185 Å². The Morgan fingerprint density at radius 2 is 1.60 bits per heavy atom. The van der Waals surface area contributed by atoms with Crippen LogP contribution >= 0.6 is 0 Å². The van der Waals surface area contributed by atoms with E-state index in [1.165, 1.54) is 18.3 Å². The van der Waals surface area contributed by atoms with Crippen molar-refractivity contribution in [3.05, 3.63) is 23.3 Å². The van der Waals surface area contributed by atoms with Crippen LogP contribution in [-0.2, 0) is 14.0 Å². The van der Waals surface area contributed by atoms with Gasteiger partial charge in [0.15, 0.2) is 8.32 Å². The number of carbonyl (C=O) groups is 1. The molecule has 0 spiro atoms. The second-order valence-electron chi connectivity index (χ2n) is 12.4. The van der Waals surface area contributed by atoms with Gasteiger partial charge in [-0.1, -0.05) is 71.8 Å². The molecule has 0 aliphatic heterocycles. The standard InChI is InChI=1S/C26H44O3Si/c1-15-13-25(8)14-16(2)20-19(21(25)23(27)28-10)17(3)22(26(20,9)18(15)4)29-30(11,12)24(5,6)7/h13-14,17-22H,1-12H3/b15-13-/t17-,18-,19?,20?,21?,22+,25?,26-/m0/s1. The summed E-state index contributed by atoms with van der Waals surface area (Å²) < 4.78 is 12.6. The van der Waals surface area contributed by atoms with Crippen LogP contribution in [0.1, 0.15) is 62.3 Å². The number of allylic oxidation sites excluding steroid dienone is 4. The van der Waals surface area contributed by atoms with E-state index >= 15 is 0 Å². The summed E-state index contributed by atoms with van der Waals surface area (Å²) in [6, 6.07) is 0. The van der Waals surface area contributed by atoms with Crippen LogP contribution in [0.2, 0.25) is 18.1 Å². The molecule has 0 aromatic carbocycles. The molecule has 1 saturated carbocycles. The molecular weight excluding hydrogens is 388 g/mol. The molecule has 3 nitrogen and oxygen atoms in total. The third-order valence-corrected chi connectivity index (χ3v) is 14.1. The summed E-state index contributed by atoms with van der Waals surface area (Å²) in [7, 11) is -0.447. The van der Waals surface area contributed by atoms with Crippen molar-refractivity contribution in [2.75, 3.05) is 7.11 Å². The highest BCUT2D eigenvalue weighted by atomic mass is 28.4. The van der Waals surface area contributed by atoms with E-state index < -0.39 is 8.32 Å². The molecule has 0 aromatic rings. The Morgan fingerprint density at radius 3 is 2.10 bits per heavy atom. The van der Waals surface area contributed by atoms with Gasteiger partial charge in [0.1, 0.15) is 0 Å². The van der Waals surface area contributed by atoms with Gasteiger partial charge in [-0.15, -0.1) is 0 Å². The van der Waals surface area contributed by atoms with Gasteiger partial charge < -0.3 is 9.16 Å². The molecule has 170 valence electrons. The normalized spacial score (nSPS) is 45.3. The monoisotopic (exact) mass is 432 g/mol. The summed E-state index contributed by atoms with van der Waals surface area (Å²) in [4.78, 5) is 13.2. The zero-order valence-electron chi connectivity index (χ0n) is 21.3. The Balaban J connectivity index is 2.26. The molecule has 30 heavy (non-hydrogen) atoms. The van der Waals surface area contributed by atoms with Crippen LogP contribution in [0.25, 0.3) is 0 Å². The second kappa shape index (κ2) is 7.06. The fourth-order valence-electron chi connectivity index (χ4n) is 7.06. The van der Waals surface area contributed by atoms with Gasteiger partial charge in [0.05, 0.1) is 19.1 Å². The summed E-state index contributed by atoms with van der Waals surface area (Å²) in [5.41, 5.74) is 2.44. The molecular formula is C26H44O3Si. The van der Waals surface area contributed by atoms with E-state index in [1.807, 2.05) is 0 Å². The first-order valence-corrected chi connectivity index (χ1v) is 14.6. The van der Waals surface area contributed by atoms with Crippen molar-refractivity contribution >= 4 is 14.3 Å². The molecule has 4 aliphatic rings. The molecule has 4 rings (SSSR count). The molecule has 0 saturated heterocycles. The van der Waals surface area contributed by atoms with Gasteiger partial charge in [-0.2, -0.15) is 0 Å². The van der Waals surface area contributed by atoms with E-state index in [2.05, 4.69) is 87.6 Å². The number of ether oxygens (including phenoxy) is 1. The van der Waals surface area contributed by atoms with E-state index in [1.54, 1.807) is 0 Å². The predicted molar refractivity (Wildman–Crippen MR) is 127 cm³/mol. The molecule has 0 amide bonds. The highest BCUT2D eigenvalue weighted by molar-refractivity contribution is 6.74. The number of hydrogen-bond acceptors (Lipinski definition) is 3. The molecule has 0 N–H and O–H groups in total. The minimum absolute atomic E-state index is 0.0468. The first-order chi connectivity index (χ1) is 13.5. The van der Waals surface area contributed by atoms with Crippen molar-refractivity contribution in [3.8, 4) is 0 Å². The minimum Gasteiger partial charge on any atom is -0.469 e. The summed E-state index contributed by atoms with van der Waals surface area (Å²) in [5, 5.41) is 0.150. The van der Waals surface area contributed by atoms with Gasteiger partial charge in [-0.25, -0.2) is 0 Å². The van der Waals surface area contributed by atoms with E-state index in [0.29, 0.717) is 17.8 Å². The predicted octanol–water partition coefficient (Wildman–Crippen LogP) is 6.62. The second-order valence-corrected chi connectivity index (χ2v) is 17.2. The Bertz CT molecular complexity index is 789. The van der Waals surface area contributed by atoms with E-state index in [-0.39, 0.29) is 39.8 Å². The smallest absolute Gasteiger partial charge is 0.310 e. The minimum atomic E-state index is -1.99. The molecule has 4 aliphatic carbocycles. The van der Waals surface area contributed by atoms with Gasteiger partial charge in [-0.05, 0) is 55.7 Å².